The Balaban J connectivity index is 2.04. The van der Waals surface area contributed by atoms with Crippen LogP contribution in [0.4, 0.5) is 0 Å². The molecule has 1 heteroatoms. The van der Waals surface area contributed by atoms with E-state index in [2.05, 4.69) is 13.8 Å². The largest absolute Gasteiger partial charge is 0.330 e. The first-order chi connectivity index (χ1) is 4.72. The predicted molar refractivity (Wildman–Crippen MR) is 44.7 cm³/mol. The number of nitrogens with two attached hydrogens (primary N) is 1. The lowest BCUT2D eigenvalue weighted by Crippen LogP contribution is -2.25. The van der Waals surface area contributed by atoms with Gasteiger partial charge in [-0.1, -0.05) is 13.8 Å². The van der Waals surface area contributed by atoms with Gasteiger partial charge in [0.15, 0.2) is 0 Å². The molecular weight excluding hydrogens is 122 g/mol. The van der Waals surface area contributed by atoms with E-state index < -0.39 is 0 Å². The predicted octanol–water partition coefficient (Wildman–Crippen LogP) is 2.02. The molecule has 10 heavy (non-hydrogen) atoms. The summed E-state index contributed by atoms with van der Waals surface area (Å²) in [6, 6.07) is 0. The van der Waals surface area contributed by atoms with E-state index in [1.165, 1.54) is 19.3 Å². The van der Waals surface area contributed by atoms with Crippen LogP contribution in [0.15, 0.2) is 0 Å². The van der Waals surface area contributed by atoms with Crippen LogP contribution in [0.3, 0.4) is 0 Å². The van der Waals surface area contributed by atoms with Crippen molar-refractivity contribution in [1.82, 2.24) is 0 Å². The molecule has 2 N–H and O–H groups in total. The molecule has 0 amide bonds. The summed E-state index contributed by atoms with van der Waals surface area (Å²) in [5.74, 6) is 2.75. The minimum absolute atomic E-state index is 0.748. The molecule has 0 heterocycles. The molecule has 0 aliphatic heterocycles. The Morgan fingerprint density at radius 2 is 2.10 bits per heavy atom. The zero-order valence-corrected chi connectivity index (χ0v) is 7.14. The van der Waals surface area contributed by atoms with Crippen LogP contribution in [0, 0.1) is 17.8 Å². The van der Waals surface area contributed by atoms with Crippen LogP contribution in [-0.4, -0.2) is 6.54 Å². The van der Waals surface area contributed by atoms with Crippen molar-refractivity contribution in [3.8, 4) is 0 Å². The Morgan fingerprint density at radius 3 is 2.50 bits per heavy atom. The first-order valence-corrected chi connectivity index (χ1v) is 4.42. The highest BCUT2D eigenvalue weighted by Gasteiger charge is 2.25. The van der Waals surface area contributed by atoms with Gasteiger partial charge in [0.05, 0.1) is 0 Å². The third-order valence-corrected chi connectivity index (χ3v) is 2.61. The molecule has 1 fully saturated rings. The number of hydrogen-bond donors (Lipinski definition) is 1. The van der Waals surface area contributed by atoms with E-state index in [1.807, 2.05) is 0 Å². The Kier molecular flexibility index (Phi) is 2.72. The van der Waals surface area contributed by atoms with Gasteiger partial charge in [0.25, 0.3) is 0 Å². The first-order valence-electron chi connectivity index (χ1n) is 4.42. The Morgan fingerprint density at radius 1 is 1.50 bits per heavy atom. The fourth-order valence-electron chi connectivity index (χ4n) is 1.93. The molecule has 60 valence electrons. The molecule has 0 aromatic heterocycles. The zero-order chi connectivity index (χ0) is 7.56. The normalized spacial score (nSPS) is 35.1. The molecule has 1 nitrogen and oxygen atoms in total. The van der Waals surface area contributed by atoms with Crippen molar-refractivity contribution in [3.05, 3.63) is 0 Å². The second kappa shape index (κ2) is 3.38. The van der Waals surface area contributed by atoms with Gasteiger partial charge in [0.2, 0.25) is 0 Å². The molecule has 1 unspecified atom stereocenters. The fourth-order valence-corrected chi connectivity index (χ4v) is 1.93. The summed E-state index contributed by atoms with van der Waals surface area (Å²) in [6.07, 6.45) is 4.26. The van der Waals surface area contributed by atoms with E-state index in [9.17, 15) is 0 Å². The lowest BCUT2D eigenvalue weighted by Gasteiger charge is -2.34. The van der Waals surface area contributed by atoms with Crippen molar-refractivity contribution < 1.29 is 0 Å². The van der Waals surface area contributed by atoms with Gasteiger partial charge in [0.1, 0.15) is 0 Å². The van der Waals surface area contributed by atoms with Crippen molar-refractivity contribution in [2.75, 3.05) is 6.54 Å². The first kappa shape index (κ1) is 8.06. The second-order valence-electron chi connectivity index (χ2n) is 4.02. The highest BCUT2D eigenvalue weighted by molar-refractivity contribution is 4.77. The van der Waals surface area contributed by atoms with Crippen LogP contribution >= 0.6 is 0 Å². The van der Waals surface area contributed by atoms with Gasteiger partial charge in [-0.15, -0.1) is 0 Å². The Bertz CT molecular complexity index is 94.9. The van der Waals surface area contributed by atoms with Gasteiger partial charge in [-0.3, -0.25) is 0 Å². The third-order valence-electron chi connectivity index (χ3n) is 2.61. The molecule has 1 rings (SSSR count). The minimum atomic E-state index is 0.748. The van der Waals surface area contributed by atoms with Crippen LogP contribution in [0.2, 0.25) is 0 Å². The van der Waals surface area contributed by atoms with E-state index in [-0.39, 0.29) is 0 Å². The topological polar surface area (TPSA) is 26.0 Å². The summed E-state index contributed by atoms with van der Waals surface area (Å²) in [5.41, 5.74) is 5.53. The van der Waals surface area contributed by atoms with Gasteiger partial charge in [0, 0.05) is 0 Å². The van der Waals surface area contributed by atoms with Crippen LogP contribution in [0.25, 0.3) is 0 Å². The van der Waals surface area contributed by atoms with Crippen LogP contribution in [0.1, 0.15) is 33.1 Å². The molecular formula is C9H19N. The minimum Gasteiger partial charge on any atom is -0.330 e. The highest BCUT2D eigenvalue weighted by atomic mass is 14.5. The molecule has 0 spiro atoms. The van der Waals surface area contributed by atoms with E-state index in [0.29, 0.717) is 0 Å². The number of rotatable bonds is 3. The van der Waals surface area contributed by atoms with E-state index >= 15 is 0 Å². The average Bonchev–Trinajstić information content (AvgIpc) is 1.84. The molecule has 0 saturated heterocycles. The molecule has 1 aliphatic carbocycles. The summed E-state index contributed by atoms with van der Waals surface area (Å²) in [5, 5.41) is 0. The molecule has 1 aliphatic rings. The maximum absolute atomic E-state index is 5.53. The second-order valence-corrected chi connectivity index (χ2v) is 4.02. The van der Waals surface area contributed by atoms with Gasteiger partial charge in [-0.05, 0) is 43.6 Å². The zero-order valence-electron chi connectivity index (χ0n) is 7.14. The maximum Gasteiger partial charge on any atom is -0.00514 e. The monoisotopic (exact) mass is 141 g/mol. The van der Waals surface area contributed by atoms with E-state index in [0.717, 1.165) is 24.3 Å². The Labute approximate surface area is 64.0 Å². The average molecular weight is 141 g/mol. The van der Waals surface area contributed by atoms with Gasteiger partial charge < -0.3 is 5.73 Å². The van der Waals surface area contributed by atoms with E-state index in [4.69, 9.17) is 5.73 Å². The molecule has 0 aromatic carbocycles. The smallest absolute Gasteiger partial charge is 0.00514 e. The molecule has 0 bridgehead atoms. The summed E-state index contributed by atoms with van der Waals surface area (Å²) >= 11 is 0. The van der Waals surface area contributed by atoms with Crippen LogP contribution < -0.4 is 5.73 Å². The summed E-state index contributed by atoms with van der Waals surface area (Å²) in [6.45, 7) is 5.46. The molecule has 0 radical (unpaired) electrons. The third kappa shape index (κ3) is 1.98. The summed E-state index contributed by atoms with van der Waals surface area (Å²) in [7, 11) is 0. The maximum atomic E-state index is 5.53. The molecule has 1 saturated carbocycles. The fraction of sp³-hybridized carbons (Fsp3) is 1.00. The van der Waals surface area contributed by atoms with Crippen molar-refractivity contribution in [2.24, 2.45) is 23.5 Å². The molecule has 0 aromatic rings. The van der Waals surface area contributed by atoms with Gasteiger partial charge >= 0.3 is 0 Å². The number of hydrogen-bond acceptors (Lipinski definition) is 1. The SMILES string of the molecule is CC(CN)CC1CC(C)C1. The lowest BCUT2D eigenvalue weighted by atomic mass is 9.72. The quantitative estimate of drug-likeness (QED) is 0.639. The van der Waals surface area contributed by atoms with Crippen molar-refractivity contribution in [1.29, 1.82) is 0 Å². The van der Waals surface area contributed by atoms with Crippen molar-refractivity contribution in [3.63, 3.8) is 0 Å². The van der Waals surface area contributed by atoms with Crippen molar-refractivity contribution in [2.45, 2.75) is 33.1 Å². The lowest BCUT2D eigenvalue weighted by molar-refractivity contribution is 0.178. The summed E-state index contributed by atoms with van der Waals surface area (Å²) < 4.78 is 0. The van der Waals surface area contributed by atoms with E-state index in [1.54, 1.807) is 0 Å². The standard InChI is InChI=1S/C9H19N/c1-7-3-9(4-7)5-8(2)6-10/h7-9H,3-6,10H2,1-2H3. The van der Waals surface area contributed by atoms with Crippen molar-refractivity contribution >= 4 is 0 Å². The Hall–Kier alpha value is -0.0400. The molecule has 1 atom stereocenters. The highest BCUT2D eigenvalue weighted by Crippen LogP contribution is 2.37. The summed E-state index contributed by atoms with van der Waals surface area (Å²) in [4.78, 5) is 0. The van der Waals surface area contributed by atoms with Crippen LogP contribution in [0.5, 0.6) is 0 Å². The van der Waals surface area contributed by atoms with Crippen LogP contribution in [-0.2, 0) is 0 Å². The van der Waals surface area contributed by atoms with Gasteiger partial charge in [-0.2, -0.15) is 0 Å². The van der Waals surface area contributed by atoms with Gasteiger partial charge in [-0.25, -0.2) is 0 Å².